The van der Waals surface area contributed by atoms with Gasteiger partial charge in [-0.25, -0.2) is 15.0 Å². The molecule has 0 aliphatic heterocycles. The van der Waals surface area contributed by atoms with E-state index >= 15 is 0 Å². The van der Waals surface area contributed by atoms with E-state index in [1.54, 1.807) is 0 Å². The highest BCUT2D eigenvalue weighted by molar-refractivity contribution is 7.25. The van der Waals surface area contributed by atoms with Crippen molar-refractivity contribution in [3.8, 4) is 56.4 Å². The minimum atomic E-state index is 0.639. The van der Waals surface area contributed by atoms with Crippen LogP contribution in [0.5, 0.6) is 0 Å². The van der Waals surface area contributed by atoms with Crippen LogP contribution in [-0.4, -0.2) is 15.0 Å². The lowest BCUT2D eigenvalue weighted by Crippen LogP contribution is -2.00. The van der Waals surface area contributed by atoms with Crippen LogP contribution < -0.4 is 0 Å². The molecule has 11 aromatic rings. The van der Waals surface area contributed by atoms with E-state index in [4.69, 9.17) is 15.0 Å². The van der Waals surface area contributed by atoms with Crippen LogP contribution in [0.1, 0.15) is 0 Å². The predicted octanol–water partition coefficient (Wildman–Crippen LogP) is 14.0. The third-order valence-electron chi connectivity index (χ3n) is 10.7. The number of nitrogens with zero attached hydrogens (tertiary/aromatic N) is 3. The molecule has 256 valence electrons. The van der Waals surface area contributed by atoms with Crippen LogP contribution in [0.3, 0.4) is 0 Å². The average molecular weight is 718 g/mol. The summed E-state index contributed by atoms with van der Waals surface area (Å²) in [4.78, 5) is 15.3. The Kier molecular flexibility index (Phi) is 7.35. The first kappa shape index (κ1) is 31.5. The van der Waals surface area contributed by atoms with Crippen LogP contribution in [0, 0.1) is 0 Å². The predicted molar refractivity (Wildman–Crippen MR) is 232 cm³/mol. The SMILES string of the molecule is c1ccc(-c2nc(-c3ccc(-c4c5ccccc5cc5c4ccc4ccccc45)cc3)nc(-c3cccc(-c4cccc5sc6ccccc6c45)c3)n2)cc1. The topological polar surface area (TPSA) is 38.7 Å². The highest BCUT2D eigenvalue weighted by atomic mass is 32.1. The molecule has 2 aromatic heterocycles. The van der Waals surface area contributed by atoms with Gasteiger partial charge in [-0.1, -0.05) is 164 Å². The molecule has 0 saturated heterocycles. The summed E-state index contributed by atoms with van der Waals surface area (Å²) < 4.78 is 2.58. The van der Waals surface area contributed by atoms with Gasteiger partial charge in [-0.2, -0.15) is 0 Å². The van der Waals surface area contributed by atoms with Crippen LogP contribution in [-0.2, 0) is 0 Å². The van der Waals surface area contributed by atoms with Gasteiger partial charge >= 0.3 is 0 Å². The quantitative estimate of drug-likeness (QED) is 0.131. The van der Waals surface area contributed by atoms with Crippen LogP contribution in [0.4, 0.5) is 0 Å². The fourth-order valence-corrected chi connectivity index (χ4v) is 9.24. The molecule has 0 unspecified atom stereocenters. The van der Waals surface area contributed by atoms with Crippen molar-refractivity contribution >= 4 is 63.8 Å². The summed E-state index contributed by atoms with van der Waals surface area (Å²) in [6.45, 7) is 0. The van der Waals surface area contributed by atoms with E-state index in [0.29, 0.717) is 17.5 Å². The van der Waals surface area contributed by atoms with Crippen molar-refractivity contribution in [2.75, 3.05) is 0 Å². The second kappa shape index (κ2) is 12.8. The summed E-state index contributed by atoms with van der Waals surface area (Å²) >= 11 is 1.84. The van der Waals surface area contributed by atoms with E-state index in [2.05, 4.69) is 170 Å². The molecule has 0 fully saturated rings. The molecular weight excluding hydrogens is 687 g/mol. The van der Waals surface area contributed by atoms with Crippen LogP contribution in [0.2, 0.25) is 0 Å². The standard InChI is InChI=1S/C51H31N3S/c1-2-13-34(14-3-1)49-52-50(54-51(53-49)38-17-10-16-36(30-38)41-21-11-23-46-48(41)43-20-8-9-22-45(43)55-46)35-26-24-33(25-27-35)47-40-19-7-5-15-37(40)31-44-39-18-6-4-12-32(39)28-29-42(44)47/h1-31H. The Morgan fingerprint density at radius 2 is 0.891 bits per heavy atom. The van der Waals surface area contributed by atoms with Gasteiger partial charge in [0.25, 0.3) is 0 Å². The van der Waals surface area contributed by atoms with E-state index < -0.39 is 0 Å². The van der Waals surface area contributed by atoms with E-state index in [1.165, 1.54) is 63.6 Å². The van der Waals surface area contributed by atoms with Gasteiger partial charge in [0.05, 0.1) is 0 Å². The van der Waals surface area contributed by atoms with E-state index in [9.17, 15) is 0 Å². The second-order valence-electron chi connectivity index (χ2n) is 14.0. The monoisotopic (exact) mass is 717 g/mol. The van der Waals surface area contributed by atoms with Gasteiger partial charge in [-0.3, -0.25) is 0 Å². The molecule has 4 heteroatoms. The molecule has 0 N–H and O–H groups in total. The van der Waals surface area contributed by atoms with Crippen LogP contribution >= 0.6 is 11.3 Å². The van der Waals surface area contributed by atoms with Gasteiger partial charge in [0.2, 0.25) is 0 Å². The number of fused-ring (bicyclic) bond motifs is 7. The molecule has 0 spiro atoms. The number of hydrogen-bond acceptors (Lipinski definition) is 4. The lowest BCUT2D eigenvalue weighted by molar-refractivity contribution is 1.07. The molecular formula is C51H31N3S. The minimum absolute atomic E-state index is 0.639. The molecule has 0 amide bonds. The summed E-state index contributed by atoms with van der Waals surface area (Å²) in [5.74, 6) is 1.93. The first-order chi connectivity index (χ1) is 27.2. The lowest BCUT2D eigenvalue weighted by Gasteiger charge is -2.14. The van der Waals surface area contributed by atoms with Crippen molar-refractivity contribution in [2.24, 2.45) is 0 Å². The summed E-state index contributed by atoms with van der Waals surface area (Å²) in [6, 6.07) is 66.9. The number of benzene rings is 9. The Bertz CT molecular complexity index is 3260. The molecule has 0 bridgehead atoms. The van der Waals surface area contributed by atoms with Gasteiger partial charge in [0.1, 0.15) is 0 Å². The highest BCUT2D eigenvalue weighted by Gasteiger charge is 2.17. The zero-order valence-corrected chi connectivity index (χ0v) is 30.5. The van der Waals surface area contributed by atoms with Crippen molar-refractivity contribution in [1.82, 2.24) is 15.0 Å². The normalized spacial score (nSPS) is 11.6. The molecule has 0 aliphatic carbocycles. The Hall–Kier alpha value is -7.01. The zero-order chi connectivity index (χ0) is 36.3. The Morgan fingerprint density at radius 1 is 0.309 bits per heavy atom. The number of thiophene rings is 1. The van der Waals surface area contributed by atoms with Gasteiger partial charge in [0.15, 0.2) is 17.5 Å². The Morgan fingerprint density at radius 3 is 1.71 bits per heavy atom. The molecule has 3 nitrogen and oxygen atoms in total. The van der Waals surface area contributed by atoms with Gasteiger partial charge in [0, 0.05) is 36.9 Å². The summed E-state index contributed by atoms with van der Waals surface area (Å²) in [5.41, 5.74) is 7.56. The largest absolute Gasteiger partial charge is 0.208 e. The molecule has 0 aliphatic rings. The fourth-order valence-electron chi connectivity index (χ4n) is 8.11. The van der Waals surface area contributed by atoms with Crippen molar-refractivity contribution in [1.29, 1.82) is 0 Å². The summed E-state index contributed by atoms with van der Waals surface area (Å²) in [6.07, 6.45) is 0. The lowest BCUT2D eigenvalue weighted by atomic mass is 9.89. The average Bonchev–Trinajstić information content (AvgIpc) is 3.65. The van der Waals surface area contributed by atoms with Crippen LogP contribution in [0.15, 0.2) is 188 Å². The smallest absolute Gasteiger partial charge is 0.164 e. The maximum atomic E-state index is 5.15. The first-order valence-corrected chi connectivity index (χ1v) is 19.3. The third-order valence-corrected chi connectivity index (χ3v) is 11.8. The molecule has 0 saturated carbocycles. The maximum Gasteiger partial charge on any atom is 0.164 e. The Labute approximate surface area is 321 Å². The number of aromatic nitrogens is 3. The minimum Gasteiger partial charge on any atom is -0.208 e. The van der Waals surface area contributed by atoms with E-state index in [-0.39, 0.29) is 0 Å². The maximum absolute atomic E-state index is 5.15. The van der Waals surface area contributed by atoms with Crippen molar-refractivity contribution < 1.29 is 0 Å². The van der Waals surface area contributed by atoms with Gasteiger partial charge in [-0.05, 0) is 78.8 Å². The van der Waals surface area contributed by atoms with E-state index in [0.717, 1.165) is 27.8 Å². The highest BCUT2D eigenvalue weighted by Crippen LogP contribution is 2.42. The third kappa shape index (κ3) is 5.38. The molecule has 55 heavy (non-hydrogen) atoms. The van der Waals surface area contributed by atoms with Gasteiger partial charge < -0.3 is 0 Å². The van der Waals surface area contributed by atoms with Crippen molar-refractivity contribution in [3.05, 3.63) is 188 Å². The van der Waals surface area contributed by atoms with Crippen molar-refractivity contribution in [3.63, 3.8) is 0 Å². The number of hydrogen-bond donors (Lipinski definition) is 0. The molecule has 0 atom stereocenters. The number of rotatable bonds is 5. The molecule has 9 aromatic carbocycles. The van der Waals surface area contributed by atoms with Crippen molar-refractivity contribution in [2.45, 2.75) is 0 Å². The summed E-state index contributed by atoms with van der Waals surface area (Å²) in [7, 11) is 0. The Balaban J connectivity index is 1.05. The van der Waals surface area contributed by atoms with E-state index in [1.807, 2.05) is 29.5 Å². The first-order valence-electron chi connectivity index (χ1n) is 18.5. The zero-order valence-electron chi connectivity index (χ0n) is 29.6. The molecule has 2 heterocycles. The van der Waals surface area contributed by atoms with Gasteiger partial charge in [-0.15, -0.1) is 11.3 Å². The second-order valence-corrected chi connectivity index (χ2v) is 15.0. The molecule has 11 rings (SSSR count). The summed E-state index contributed by atoms with van der Waals surface area (Å²) in [5, 5.41) is 10.0. The van der Waals surface area contributed by atoms with Crippen LogP contribution in [0.25, 0.3) is 109 Å². The molecule has 0 radical (unpaired) electrons. The fraction of sp³-hybridized carbons (Fsp3) is 0.